The number of carbonyl (C=O) groups excluding carboxylic acids is 3. The number of hydrogen-bond donors (Lipinski definition) is 2. The highest BCUT2D eigenvalue weighted by Crippen LogP contribution is 2.43. The van der Waals surface area contributed by atoms with Gasteiger partial charge in [0.05, 0.1) is 0 Å². The average molecular weight is 988 g/mol. The maximum Gasteiger partial charge on any atom is 0.356 e. The normalized spacial score (nSPS) is 16.1. The number of ether oxygens (including phenoxy) is 1. The Labute approximate surface area is 413 Å². The van der Waals surface area contributed by atoms with E-state index in [1.54, 1.807) is 17.5 Å². The first kappa shape index (κ1) is 47.3. The minimum atomic E-state index is -4.22. The molecule has 0 bridgehead atoms. The lowest BCUT2D eigenvalue weighted by Gasteiger charge is -2.49. The molecule has 2 amide bonds. The maximum absolute atomic E-state index is 14.6. The number of rotatable bonds is 17. The van der Waals surface area contributed by atoms with Gasteiger partial charge in [-0.15, -0.1) is 23.1 Å². The predicted octanol–water partition coefficient (Wildman–Crippen LogP) is 9.11. The number of thioether (sulfide) groups is 1. The average Bonchev–Trinajstić information content (AvgIpc) is 3.87. The molecule has 0 aliphatic carbocycles. The molecule has 1 fully saturated rings. The molecule has 0 saturated carbocycles. The minimum absolute atomic E-state index is 0.0549. The van der Waals surface area contributed by atoms with Gasteiger partial charge >= 0.3 is 16.1 Å². The third kappa shape index (κ3) is 9.74. The van der Waals surface area contributed by atoms with Gasteiger partial charge in [-0.2, -0.15) is 8.42 Å². The summed E-state index contributed by atoms with van der Waals surface area (Å²) in [5, 5.41) is 12.0. The molecular weight excluding hydrogens is 943 g/mol. The number of anilines is 1. The molecular formula is C54H45N5O8S3. The highest BCUT2D eigenvalue weighted by Gasteiger charge is 2.55. The Morgan fingerprint density at radius 1 is 0.786 bits per heavy atom. The monoisotopic (exact) mass is 987 g/mol. The van der Waals surface area contributed by atoms with Crippen LogP contribution in [-0.4, -0.2) is 66.1 Å². The molecule has 352 valence electrons. The van der Waals surface area contributed by atoms with Gasteiger partial charge in [0.15, 0.2) is 16.9 Å². The number of aryl methyl sites for hydroxylation is 1. The van der Waals surface area contributed by atoms with Crippen molar-refractivity contribution in [1.29, 1.82) is 0 Å². The van der Waals surface area contributed by atoms with Crippen LogP contribution in [0, 0.1) is 6.92 Å². The minimum Gasteiger partial charge on any atom is -0.448 e. The fraction of sp³-hybridized carbons (Fsp3) is 0.130. The first-order valence-electron chi connectivity index (χ1n) is 22.1. The summed E-state index contributed by atoms with van der Waals surface area (Å²) in [5.41, 5.74) is 4.37. The molecule has 0 radical (unpaired) electrons. The van der Waals surface area contributed by atoms with E-state index in [1.165, 1.54) is 53.3 Å². The first-order chi connectivity index (χ1) is 34.1. The summed E-state index contributed by atoms with van der Waals surface area (Å²) in [6, 6.07) is 53.4. The Kier molecular flexibility index (Phi) is 14.1. The van der Waals surface area contributed by atoms with Crippen molar-refractivity contribution in [3.63, 3.8) is 0 Å². The second kappa shape index (κ2) is 20.8. The number of amides is 2. The van der Waals surface area contributed by atoms with Crippen molar-refractivity contribution in [2.24, 2.45) is 5.16 Å². The molecule has 1 aromatic heterocycles. The Morgan fingerprint density at radius 3 is 1.84 bits per heavy atom. The molecule has 0 spiro atoms. The fourth-order valence-electron chi connectivity index (χ4n) is 8.34. The predicted molar refractivity (Wildman–Crippen MR) is 270 cm³/mol. The highest BCUT2D eigenvalue weighted by atomic mass is 32.2. The summed E-state index contributed by atoms with van der Waals surface area (Å²) in [7, 11) is -2.91. The van der Waals surface area contributed by atoms with Crippen LogP contribution in [0.15, 0.2) is 215 Å². The number of aromatic nitrogens is 1. The Hall–Kier alpha value is -7.79. The van der Waals surface area contributed by atoms with E-state index in [-0.39, 0.29) is 33.3 Å². The zero-order chi connectivity index (χ0) is 48.7. The SMILES string of the molecule is CO/N=C(/C(=O)NC1C(=O)N2C(C(=O)OC(c3ccccc3)c3ccccc3)=C(/C=C/OS(=O)(=O)c3ccc(C)cc3)CSC12)c1csc(NC(c2ccccc2)(c2ccccc2)c2ccccc2)n1. The number of hydrogen-bond acceptors (Lipinski definition) is 13. The van der Waals surface area contributed by atoms with Crippen LogP contribution in [0.1, 0.15) is 45.2 Å². The number of carbonyl (C=O) groups is 3. The van der Waals surface area contributed by atoms with Crippen molar-refractivity contribution in [3.05, 3.63) is 244 Å². The lowest BCUT2D eigenvalue weighted by atomic mass is 9.77. The molecule has 16 heteroatoms. The van der Waals surface area contributed by atoms with Crippen LogP contribution >= 0.6 is 23.1 Å². The fourth-order valence-corrected chi connectivity index (χ4v) is 11.2. The van der Waals surface area contributed by atoms with E-state index in [1.807, 2.05) is 159 Å². The van der Waals surface area contributed by atoms with Gasteiger partial charge in [-0.1, -0.05) is 175 Å². The zero-order valence-corrected chi connectivity index (χ0v) is 40.2. The van der Waals surface area contributed by atoms with Gasteiger partial charge in [0.1, 0.15) is 46.6 Å². The van der Waals surface area contributed by atoms with Crippen LogP contribution in [0.3, 0.4) is 0 Å². The van der Waals surface area contributed by atoms with Crippen LogP contribution in [0.4, 0.5) is 5.13 Å². The molecule has 70 heavy (non-hydrogen) atoms. The van der Waals surface area contributed by atoms with Crippen molar-refractivity contribution < 1.29 is 36.6 Å². The summed E-state index contributed by atoms with van der Waals surface area (Å²) in [5.74, 6) is -2.07. The zero-order valence-electron chi connectivity index (χ0n) is 37.7. The van der Waals surface area contributed by atoms with Gasteiger partial charge in [-0.05, 0) is 58.5 Å². The van der Waals surface area contributed by atoms with E-state index in [0.717, 1.165) is 28.5 Å². The van der Waals surface area contributed by atoms with Crippen LogP contribution in [0.25, 0.3) is 0 Å². The molecule has 2 aliphatic heterocycles. The molecule has 2 N–H and O–H groups in total. The number of allylic oxidation sites excluding steroid dienone is 1. The largest absolute Gasteiger partial charge is 0.448 e. The van der Waals surface area contributed by atoms with E-state index < -0.39 is 51.0 Å². The third-order valence-electron chi connectivity index (χ3n) is 11.7. The number of nitrogens with zero attached hydrogens (tertiary/aromatic N) is 3. The number of thiazole rings is 1. The van der Waals surface area contributed by atoms with Crippen molar-refractivity contribution in [2.75, 3.05) is 18.2 Å². The highest BCUT2D eigenvalue weighted by molar-refractivity contribution is 8.00. The Bertz CT molecular complexity index is 3050. The van der Waals surface area contributed by atoms with E-state index in [4.69, 9.17) is 18.7 Å². The van der Waals surface area contributed by atoms with Crippen LogP contribution in [0.5, 0.6) is 0 Å². The molecule has 2 atom stereocenters. The number of nitrogens with one attached hydrogen (secondary N) is 2. The van der Waals surface area contributed by atoms with Gasteiger partial charge < -0.3 is 24.4 Å². The topological polar surface area (TPSA) is 166 Å². The molecule has 2 aliphatic rings. The molecule has 6 aromatic carbocycles. The summed E-state index contributed by atoms with van der Waals surface area (Å²) in [4.78, 5) is 54.5. The number of oxime groups is 1. The molecule has 2 unspecified atom stereocenters. The van der Waals surface area contributed by atoms with Gasteiger partial charge in [0.2, 0.25) is 0 Å². The van der Waals surface area contributed by atoms with Gasteiger partial charge in [0, 0.05) is 11.1 Å². The Morgan fingerprint density at radius 2 is 1.31 bits per heavy atom. The number of β-lactam (4-membered cyclic amide) rings is 1. The quantitative estimate of drug-likeness (QED) is 0.0170. The summed E-state index contributed by atoms with van der Waals surface area (Å²) < 4.78 is 37.8. The van der Waals surface area contributed by atoms with Crippen LogP contribution < -0.4 is 10.6 Å². The summed E-state index contributed by atoms with van der Waals surface area (Å²) in [6.45, 7) is 1.83. The van der Waals surface area contributed by atoms with Crippen LogP contribution in [-0.2, 0) is 43.8 Å². The van der Waals surface area contributed by atoms with Crippen LogP contribution in [0.2, 0.25) is 0 Å². The van der Waals surface area contributed by atoms with E-state index in [2.05, 4.69) is 15.8 Å². The molecule has 7 aromatic rings. The van der Waals surface area contributed by atoms with Gasteiger partial charge in [-0.25, -0.2) is 9.78 Å². The standard InChI is InChI=1S/C54H45N5O8S3/c1-36-28-30-43(31-29-36)70(63,64)66-33-32-39-34-68-51-46(50(61)59(51)47(39)52(62)67-48(37-18-8-3-9-19-37)38-20-10-4-11-21-38)56-49(60)45(58-65-2)44-35-69-53(55-44)57-54(40-22-12-5-13-23-40,41-24-14-6-15-25-41)42-26-16-7-17-27-42/h3-33,35,46,48,51H,34H2,1-2H3,(H,55,57)(H,56,60)/b33-32+,58-45+. The molecule has 9 rings (SSSR count). The van der Waals surface area contributed by atoms with E-state index in [0.29, 0.717) is 16.3 Å². The van der Waals surface area contributed by atoms with Crippen molar-refractivity contribution in [3.8, 4) is 0 Å². The number of esters is 1. The smallest absolute Gasteiger partial charge is 0.356 e. The van der Waals surface area contributed by atoms with Gasteiger partial charge in [-0.3, -0.25) is 14.5 Å². The number of benzene rings is 6. The second-order valence-corrected chi connectivity index (χ2v) is 19.7. The first-order valence-corrected chi connectivity index (χ1v) is 25.4. The third-order valence-corrected chi connectivity index (χ3v) is 15.0. The summed E-state index contributed by atoms with van der Waals surface area (Å²) in [6.07, 6.45) is 1.45. The van der Waals surface area contributed by atoms with E-state index >= 15 is 0 Å². The lowest BCUT2D eigenvalue weighted by Crippen LogP contribution is -2.71. The Balaban J connectivity index is 0.994. The van der Waals surface area contributed by atoms with Crippen molar-refractivity contribution >= 4 is 61.8 Å². The molecule has 3 heterocycles. The van der Waals surface area contributed by atoms with Gasteiger partial charge in [0.25, 0.3) is 11.8 Å². The molecule has 13 nitrogen and oxygen atoms in total. The summed E-state index contributed by atoms with van der Waals surface area (Å²) >= 11 is 2.53. The van der Waals surface area contributed by atoms with Crippen molar-refractivity contribution in [1.82, 2.24) is 15.2 Å². The van der Waals surface area contributed by atoms with E-state index in [9.17, 15) is 22.8 Å². The van der Waals surface area contributed by atoms with Crippen molar-refractivity contribution in [2.45, 2.75) is 34.9 Å². The lowest BCUT2D eigenvalue weighted by molar-refractivity contribution is -0.154. The second-order valence-electron chi connectivity index (χ2n) is 16.1. The molecule has 1 saturated heterocycles. The maximum atomic E-state index is 14.6. The number of fused-ring (bicyclic) bond motifs is 1.